The Hall–Kier alpha value is -2.74. The van der Waals surface area contributed by atoms with E-state index in [2.05, 4.69) is 0 Å². The molecule has 7 heteroatoms. The number of hydrogen-bond acceptors (Lipinski definition) is 7. The van der Waals surface area contributed by atoms with Crippen molar-refractivity contribution in [1.29, 1.82) is 0 Å². The molecular formula is C30H42O7. The van der Waals surface area contributed by atoms with E-state index in [1.165, 1.54) is 0 Å². The fourth-order valence-corrected chi connectivity index (χ4v) is 3.65. The molecule has 0 aliphatic rings. The van der Waals surface area contributed by atoms with E-state index < -0.39 is 0 Å². The van der Waals surface area contributed by atoms with Gasteiger partial charge in [0.25, 0.3) is 0 Å². The fourth-order valence-electron chi connectivity index (χ4n) is 3.65. The molecule has 0 N–H and O–H groups in total. The second-order valence-corrected chi connectivity index (χ2v) is 9.27. The first-order valence-electron chi connectivity index (χ1n) is 13.1. The Balaban J connectivity index is 1.62. The van der Waals surface area contributed by atoms with Crippen LogP contribution < -0.4 is 0 Å². The molecule has 7 nitrogen and oxygen atoms in total. The van der Waals surface area contributed by atoms with E-state index in [-0.39, 0.29) is 49.6 Å². The maximum Gasteiger partial charge on any atom is 0.338 e. The summed E-state index contributed by atoms with van der Waals surface area (Å²) in [4.78, 5) is 24.8. The predicted octanol–water partition coefficient (Wildman–Crippen LogP) is 5.43. The zero-order valence-electron chi connectivity index (χ0n) is 23.0. The fraction of sp³-hybridized carbons (Fsp3) is 0.533. The maximum absolute atomic E-state index is 12.5. The number of aryl methyl sites for hydroxylation is 2. The lowest BCUT2D eigenvalue weighted by molar-refractivity contribution is -0.0851. The van der Waals surface area contributed by atoms with Crippen molar-refractivity contribution >= 4 is 11.9 Å². The molecule has 0 heterocycles. The van der Waals surface area contributed by atoms with Crippen LogP contribution in [0.1, 0.15) is 73.4 Å². The molecule has 0 fully saturated rings. The average molecular weight is 515 g/mol. The Bertz CT molecular complexity index is 974. The number of carbonyl (C=O) groups excluding carboxylic acids is 2. The van der Waals surface area contributed by atoms with Crippen LogP contribution in [0, 0.1) is 0 Å². The van der Waals surface area contributed by atoms with Crippen LogP contribution in [-0.2, 0) is 36.5 Å². The smallest absolute Gasteiger partial charge is 0.338 e. The first-order chi connectivity index (χ1) is 17.7. The van der Waals surface area contributed by atoms with Gasteiger partial charge in [-0.2, -0.15) is 0 Å². The summed E-state index contributed by atoms with van der Waals surface area (Å²) >= 11 is 0. The molecule has 2 aromatic rings. The third-order valence-corrected chi connectivity index (χ3v) is 5.84. The summed E-state index contributed by atoms with van der Waals surface area (Å²) in [5.74, 6) is -0.671. The molecule has 4 atom stereocenters. The predicted molar refractivity (Wildman–Crippen MR) is 143 cm³/mol. The molecule has 0 aliphatic heterocycles. The van der Waals surface area contributed by atoms with Gasteiger partial charge in [0.1, 0.15) is 12.7 Å². The van der Waals surface area contributed by atoms with E-state index in [0.29, 0.717) is 24.3 Å². The van der Waals surface area contributed by atoms with Crippen LogP contribution >= 0.6 is 0 Å². The Morgan fingerprint density at radius 1 is 0.595 bits per heavy atom. The van der Waals surface area contributed by atoms with Gasteiger partial charge in [-0.3, -0.25) is 0 Å². The molecular weight excluding hydrogens is 472 g/mol. The minimum atomic E-state index is -0.381. The lowest BCUT2D eigenvalue weighted by atomic mass is 10.1. The number of hydrogen-bond donors (Lipinski definition) is 0. The first-order valence-corrected chi connectivity index (χ1v) is 13.1. The van der Waals surface area contributed by atoms with Gasteiger partial charge in [-0.1, -0.05) is 50.2 Å². The van der Waals surface area contributed by atoms with Crippen LogP contribution in [-0.4, -0.2) is 62.8 Å². The topological polar surface area (TPSA) is 80.3 Å². The monoisotopic (exact) mass is 514 g/mol. The number of benzene rings is 2. The highest BCUT2D eigenvalue weighted by atomic mass is 16.6. The summed E-state index contributed by atoms with van der Waals surface area (Å²) in [6.07, 6.45) is 0.559. The molecule has 2 aromatic carbocycles. The summed E-state index contributed by atoms with van der Waals surface area (Å²) in [6, 6.07) is 14.9. The summed E-state index contributed by atoms with van der Waals surface area (Å²) in [6.45, 7) is 12.7. The number of esters is 2. The van der Waals surface area contributed by atoms with Gasteiger partial charge in [-0.05, 0) is 63.8 Å². The Labute approximate surface area is 221 Å². The van der Waals surface area contributed by atoms with E-state index >= 15 is 0 Å². The van der Waals surface area contributed by atoms with Gasteiger partial charge in [0.05, 0.1) is 49.3 Å². The van der Waals surface area contributed by atoms with Crippen molar-refractivity contribution in [3.8, 4) is 0 Å². The van der Waals surface area contributed by atoms with Gasteiger partial charge >= 0.3 is 11.9 Å². The van der Waals surface area contributed by atoms with Gasteiger partial charge in [0.15, 0.2) is 0 Å². The summed E-state index contributed by atoms with van der Waals surface area (Å²) in [7, 11) is 0. The van der Waals surface area contributed by atoms with Gasteiger partial charge in [0, 0.05) is 0 Å². The quantitative estimate of drug-likeness (QED) is 0.276. The third-order valence-electron chi connectivity index (χ3n) is 5.84. The van der Waals surface area contributed by atoms with Crippen molar-refractivity contribution in [1.82, 2.24) is 0 Å². The average Bonchev–Trinajstić information content (AvgIpc) is 2.92. The molecule has 0 saturated heterocycles. The van der Waals surface area contributed by atoms with Gasteiger partial charge in [-0.15, -0.1) is 0 Å². The van der Waals surface area contributed by atoms with Crippen LogP contribution in [0.15, 0.2) is 48.5 Å². The molecule has 0 aliphatic carbocycles. The third kappa shape index (κ3) is 10.6. The van der Waals surface area contributed by atoms with Crippen LogP contribution in [0.2, 0.25) is 0 Å². The molecule has 2 rings (SSSR count). The van der Waals surface area contributed by atoms with Gasteiger partial charge in [0.2, 0.25) is 0 Å². The number of carbonyl (C=O) groups is 2. The second kappa shape index (κ2) is 16.2. The van der Waals surface area contributed by atoms with Crippen molar-refractivity contribution in [2.45, 2.75) is 78.8 Å². The summed E-state index contributed by atoms with van der Waals surface area (Å²) in [5.41, 5.74) is 3.12. The second-order valence-electron chi connectivity index (χ2n) is 9.27. The molecule has 0 radical (unpaired) electrons. The molecule has 0 spiro atoms. The molecule has 37 heavy (non-hydrogen) atoms. The van der Waals surface area contributed by atoms with Gasteiger partial charge in [-0.25, -0.2) is 9.59 Å². The maximum atomic E-state index is 12.5. The Morgan fingerprint density at radius 2 is 1.00 bits per heavy atom. The van der Waals surface area contributed by atoms with Gasteiger partial charge < -0.3 is 23.7 Å². The van der Waals surface area contributed by atoms with Crippen LogP contribution in [0.25, 0.3) is 0 Å². The SMILES string of the molecule is CCc1ccccc1C(=O)OCC(C)OCC(C)OCC(C)OCC(C)OC(=O)c1ccccc1CC. The van der Waals surface area contributed by atoms with Crippen molar-refractivity contribution in [2.24, 2.45) is 0 Å². The standard InChI is InChI=1S/C30H42O7/c1-7-25-13-9-11-15-27(25)29(31)36-19-23(5)34-17-21(3)33-18-22(4)35-20-24(6)37-30(32)28-16-12-10-14-26(28)8-2/h9-16,21-24H,7-8,17-20H2,1-6H3. The van der Waals surface area contributed by atoms with E-state index in [9.17, 15) is 9.59 Å². The van der Waals surface area contributed by atoms with E-state index in [1.54, 1.807) is 12.1 Å². The van der Waals surface area contributed by atoms with E-state index in [1.807, 2.05) is 77.9 Å². The highest BCUT2D eigenvalue weighted by molar-refractivity contribution is 5.91. The molecule has 0 aromatic heterocycles. The molecule has 204 valence electrons. The Morgan fingerprint density at radius 3 is 1.49 bits per heavy atom. The number of ether oxygens (including phenoxy) is 5. The van der Waals surface area contributed by atoms with Crippen LogP contribution in [0.5, 0.6) is 0 Å². The zero-order chi connectivity index (χ0) is 27.2. The number of rotatable bonds is 16. The van der Waals surface area contributed by atoms with Crippen LogP contribution in [0.3, 0.4) is 0 Å². The normalized spacial score (nSPS) is 14.4. The zero-order valence-corrected chi connectivity index (χ0v) is 23.0. The van der Waals surface area contributed by atoms with Crippen LogP contribution in [0.4, 0.5) is 0 Å². The molecule has 0 saturated carbocycles. The molecule has 0 amide bonds. The highest BCUT2D eigenvalue weighted by Gasteiger charge is 2.17. The molecule has 4 unspecified atom stereocenters. The van der Waals surface area contributed by atoms with Crippen molar-refractivity contribution < 1.29 is 33.3 Å². The highest BCUT2D eigenvalue weighted by Crippen LogP contribution is 2.13. The largest absolute Gasteiger partial charge is 0.459 e. The minimum absolute atomic E-state index is 0.161. The van der Waals surface area contributed by atoms with E-state index in [4.69, 9.17) is 23.7 Å². The minimum Gasteiger partial charge on any atom is -0.459 e. The lowest BCUT2D eigenvalue weighted by Gasteiger charge is -2.21. The Kier molecular flexibility index (Phi) is 13.3. The van der Waals surface area contributed by atoms with E-state index in [0.717, 1.165) is 24.0 Å². The lowest BCUT2D eigenvalue weighted by Crippen LogP contribution is -2.29. The first kappa shape index (κ1) is 30.5. The summed E-state index contributed by atoms with van der Waals surface area (Å²) < 4.78 is 28.4. The van der Waals surface area contributed by atoms with Crippen molar-refractivity contribution in [2.75, 3.05) is 26.4 Å². The summed E-state index contributed by atoms with van der Waals surface area (Å²) in [5, 5.41) is 0. The van der Waals surface area contributed by atoms with Crippen molar-refractivity contribution in [3.05, 3.63) is 70.8 Å². The molecule has 0 bridgehead atoms. The van der Waals surface area contributed by atoms with Crippen molar-refractivity contribution in [3.63, 3.8) is 0 Å².